The smallest absolute Gasteiger partial charge is 0.0493 e. The summed E-state index contributed by atoms with van der Waals surface area (Å²) < 4.78 is 0. The topological polar surface area (TPSA) is 6.48 Å². The number of rotatable bonds is 11. The van der Waals surface area contributed by atoms with E-state index in [1.807, 2.05) is 18.2 Å². The van der Waals surface area contributed by atoms with Crippen molar-refractivity contribution in [1.82, 2.24) is 0 Å². The maximum absolute atomic E-state index is 4.23. The maximum atomic E-state index is 4.23. The standard InChI is InChI=1S/C55H50N2/c1-7-37-56(53-20-13-12-18-50(53)39(3)8-2)46-28-21-43(22-29-46)44-25-32-48(33-26-44)57(47-30-23-42(24-31-47)41-16-10-9-11-17-41)49-34-27-45-35-36-55(5,6)52-19-14-15-40(4)54(52)51(45)38-49/h7-34,38H,1-3,35-37H2,4-6H3. The summed E-state index contributed by atoms with van der Waals surface area (Å²) in [5.41, 5.74) is 19.2. The molecule has 0 saturated carbocycles. The van der Waals surface area contributed by atoms with Gasteiger partial charge in [0.2, 0.25) is 0 Å². The van der Waals surface area contributed by atoms with Crippen molar-refractivity contribution < 1.29 is 0 Å². The summed E-state index contributed by atoms with van der Waals surface area (Å²) in [4.78, 5) is 4.67. The first-order chi connectivity index (χ1) is 27.8. The second-order valence-corrected chi connectivity index (χ2v) is 15.7. The Kier molecular flexibility index (Phi) is 10.4. The van der Waals surface area contributed by atoms with Gasteiger partial charge in [-0.05, 0) is 135 Å². The molecule has 1 aliphatic rings. The summed E-state index contributed by atoms with van der Waals surface area (Å²) >= 11 is 0. The second kappa shape index (κ2) is 15.8. The third-order valence-corrected chi connectivity index (χ3v) is 11.6. The predicted octanol–water partition coefficient (Wildman–Crippen LogP) is 15.2. The van der Waals surface area contributed by atoms with Crippen LogP contribution >= 0.6 is 0 Å². The van der Waals surface area contributed by atoms with Gasteiger partial charge in [-0.1, -0.05) is 148 Å². The third kappa shape index (κ3) is 7.39. The fraction of sp³-hybridized carbons (Fsp3) is 0.127. The van der Waals surface area contributed by atoms with E-state index < -0.39 is 0 Å². The quantitative estimate of drug-likeness (QED) is 0.0963. The molecule has 0 spiro atoms. The molecule has 280 valence electrons. The molecule has 0 N–H and O–H groups in total. The Morgan fingerprint density at radius 1 is 0.614 bits per heavy atom. The molecule has 0 heterocycles. The molecule has 0 aromatic heterocycles. The Balaban J connectivity index is 1.17. The van der Waals surface area contributed by atoms with Gasteiger partial charge < -0.3 is 9.80 Å². The molecule has 0 unspecified atom stereocenters. The van der Waals surface area contributed by atoms with Crippen LogP contribution in [0.2, 0.25) is 0 Å². The summed E-state index contributed by atoms with van der Waals surface area (Å²) in [5.74, 6) is 0. The number of anilines is 5. The monoisotopic (exact) mass is 738 g/mol. The van der Waals surface area contributed by atoms with Crippen LogP contribution in [0.4, 0.5) is 28.4 Å². The van der Waals surface area contributed by atoms with Crippen LogP contribution in [0.5, 0.6) is 0 Å². The number of hydrogen-bond acceptors (Lipinski definition) is 2. The van der Waals surface area contributed by atoms with E-state index in [0.29, 0.717) is 6.54 Å². The first kappa shape index (κ1) is 37.3. The summed E-state index contributed by atoms with van der Waals surface area (Å²) in [6.45, 7) is 20.0. The minimum Gasteiger partial charge on any atom is -0.337 e. The Bertz CT molecular complexity index is 2560. The maximum Gasteiger partial charge on any atom is 0.0493 e. The minimum atomic E-state index is 0.0938. The van der Waals surface area contributed by atoms with Crippen LogP contribution < -0.4 is 9.80 Å². The van der Waals surface area contributed by atoms with Gasteiger partial charge in [0.25, 0.3) is 0 Å². The Hall–Kier alpha value is -6.64. The van der Waals surface area contributed by atoms with Crippen molar-refractivity contribution >= 4 is 34.0 Å². The zero-order chi connectivity index (χ0) is 39.5. The summed E-state index contributed by atoms with van der Waals surface area (Å²) in [6.07, 6.45) is 5.92. The Labute approximate surface area is 339 Å². The normalized spacial score (nSPS) is 12.8. The van der Waals surface area contributed by atoms with E-state index >= 15 is 0 Å². The molecule has 7 aromatic rings. The van der Waals surface area contributed by atoms with Crippen molar-refractivity contribution in [3.05, 3.63) is 218 Å². The van der Waals surface area contributed by atoms with Crippen LogP contribution in [0.25, 0.3) is 39.0 Å². The van der Waals surface area contributed by atoms with Crippen molar-refractivity contribution in [2.45, 2.75) is 39.0 Å². The average molecular weight is 739 g/mol. The molecule has 0 bridgehead atoms. The summed E-state index contributed by atoms with van der Waals surface area (Å²) in [7, 11) is 0. The van der Waals surface area contributed by atoms with Crippen molar-refractivity contribution in [2.75, 3.05) is 16.3 Å². The van der Waals surface area contributed by atoms with Crippen LogP contribution in [0, 0.1) is 6.92 Å². The fourth-order valence-corrected chi connectivity index (χ4v) is 8.41. The third-order valence-electron chi connectivity index (χ3n) is 11.6. The van der Waals surface area contributed by atoms with Crippen LogP contribution in [-0.4, -0.2) is 6.54 Å². The lowest BCUT2D eigenvalue weighted by atomic mass is 9.78. The highest BCUT2D eigenvalue weighted by molar-refractivity contribution is 5.86. The van der Waals surface area contributed by atoms with Gasteiger partial charge >= 0.3 is 0 Å². The van der Waals surface area contributed by atoms with Crippen molar-refractivity contribution in [2.24, 2.45) is 0 Å². The number of nitrogens with zero attached hydrogens (tertiary/aromatic N) is 2. The lowest BCUT2D eigenvalue weighted by molar-refractivity contribution is 0.485. The van der Waals surface area contributed by atoms with Crippen LogP contribution in [0.15, 0.2) is 196 Å². The number of aryl methyl sites for hydroxylation is 2. The van der Waals surface area contributed by atoms with Gasteiger partial charge in [0.05, 0.1) is 0 Å². The lowest BCUT2D eigenvalue weighted by Crippen LogP contribution is -2.18. The van der Waals surface area contributed by atoms with Gasteiger partial charge in [-0.15, -0.1) is 6.58 Å². The van der Waals surface area contributed by atoms with E-state index in [2.05, 4.69) is 208 Å². The molecular formula is C55H50N2. The molecule has 2 nitrogen and oxygen atoms in total. The van der Waals surface area contributed by atoms with Crippen molar-refractivity contribution in [3.63, 3.8) is 0 Å². The van der Waals surface area contributed by atoms with Gasteiger partial charge in [-0.3, -0.25) is 0 Å². The molecular weight excluding hydrogens is 689 g/mol. The first-order valence-corrected chi connectivity index (χ1v) is 19.9. The molecule has 0 amide bonds. The highest BCUT2D eigenvalue weighted by Gasteiger charge is 2.30. The van der Waals surface area contributed by atoms with Crippen LogP contribution in [-0.2, 0) is 11.8 Å². The fourth-order valence-electron chi connectivity index (χ4n) is 8.41. The molecule has 0 atom stereocenters. The second-order valence-electron chi connectivity index (χ2n) is 15.7. The minimum absolute atomic E-state index is 0.0938. The van der Waals surface area contributed by atoms with E-state index in [0.717, 1.165) is 63.5 Å². The number of hydrogen-bond donors (Lipinski definition) is 0. The predicted molar refractivity (Wildman–Crippen MR) is 246 cm³/mol. The van der Waals surface area contributed by atoms with Gasteiger partial charge in [0.15, 0.2) is 0 Å². The zero-order valence-electron chi connectivity index (χ0n) is 33.4. The largest absolute Gasteiger partial charge is 0.337 e. The van der Waals surface area contributed by atoms with E-state index in [4.69, 9.17) is 0 Å². The van der Waals surface area contributed by atoms with E-state index in [1.54, 1.807) is 0 Å². The number of para-hydroxylation sites is 1. The van der Waals surface area contributed by atoms with Crippen molar-refractivity contribution in [1.29, 1.82) is 0 Å². The Morgan fingerprint density at radius 2 is 1.18 bits per heavy atom. The average Bonchev–Trinajstić information content (AvgIpc) is 3.37. The molecule has 0 saturated heterocycles. The summed E-state index contributed by atoms with van der Waals surface area (Å²) in [5, 5.41) is 0. The number of allylic oxidation sites excluding steroid dienone is 2. The van der Waals surface area contributed by atoms with Gasteiger partial charge in [-0.25, -0.2) is 0 Å². The molecule has 0 fully saturated rings. The molecule has 57 heavy (non-hydrogen) atoms. The lowest BCUT2D eigenvalue weighted by Gasteiger charge is -2.28. The van der Waals surface area contributed by atoms with Gasteiger partial charge in [-0.2, -0.15) is 0 Å². The summed E-state index contributed by atoms with van der Waals surface area (Å²) in [6, 6.07) is 59.6. The van der Waals surface area contributed by atoms with Crippen LogP contribution in [0.3, 0.4) is 0 Å². The number of fused-ring (bicyclic) bond motifs is 3. The van der Waals surface area contributed by atoms with Crippen molar-refractivity contribution in [3.8, 4) is 33.4 Å². The molecule has 0 radical (unpaired) electrons. The Morgan fingerprint density at radius 3 is 1.79 bits per heavy atom. The molecule has 2 heteroatoms. The first-order valence-electron chi connectivity index (χ1n) is 19.9. The molecule has 8 rings (SSSR count). The van der Waals surface area contributed by atoms with Gasteiger partial charge in [0.1, 0.15) is 0 Å². The molecule has 7 aromatic carbocycles. The number of benzene rings is 7. The van der Waals surface area contributed by atoms with E-state index in [9.17, 15) is 0 Å². The van der Waals surface area contributed by atoms with E-state index in [-0.39, 0.29) is 5.41 Å². The highest BCUT2D eigenvalue weighted by Crippen LogP contribution is 2.46. The molecule has 1 aliphatic carbocycles. The molecule has 0 aliphatic heterocycles. The highest BCUT2D eigenvalue weighted by atomic mass is 15.1. The zero-order valence-corrected chi connectivity index (χ0v) is 33.4. The van der Waals surface area contributed by atoms with Gasteiger partial charge in [0, 0.05) is 40.5 Å². The van der Waals surface area contributed by atoms with E-state index in [1.165, 1.54) is 38.9 Å². The van der Waals surface area contributed by atoms with Crippen LogP contribution in [0.1, 0.15) is 42.5 Å². The SMILES string of the molecule is C=CCN(c1ccc(-c2ccc(N(c3ccc(-c4ccccc4)cc3)c3ccc4c(c3)-c3c(C)cccc3C(C)(C)CC4)cc2)cc1)c1ccccc1C(=C)C=C.